The van der Waals surface area contributed by atoms with Gasteiger partial charge in [-0.1, -0.05) is 17.8 Å². The Balaban J connectivity index is 1.80. The first kappa shape index (κ1) is 14.2. The van der Waals surface area contributed by atoms with Gasteiger partial charge in [0, 0.05) is 23.9 Å². The predicted octanol–water partition coefficient (Wildman–Crippen LogP) is 1.67. The Hall–Kier alpha value is -1.73. The molecule has 1 aromatic heterocycles. The van der Waals surface area contributed by atoms with Crippen LogP contribution < -0.4 is 16.2 Å². The normalized spacial score (nSPS) is 14.4. The lowest BCUT2D eigenvalue weighted by Crippen LogP contribution is -2.16. The van der Waals surface area contributed by atoms with Crippen LogP contribution >= 0.6 is 11.8 Å². The van der Waals surface area contributed by atoms with Gasteiger partial charge in [0.1, 0.15) is 5.75 Å². The maximum atomic E-state index is 11.7. The van der Waals surface area contributed by atoms with Crippen molar-refractivity contribution in [2.24, 2.45) is 5.73 Å². The van der Waals surface area contributed by atoms with E-state index in [0.29, 0.717) is 18.3 Å². The molecule has 0 atom stereocenters. The summed E-state index contributed by atoms with van der Waals surface area (Å²) >= 11 is 1.54. The summed E-state index contributed by atoms with van der Waals surface area (Å²) in [5, 5.41) is 7.38. The van der Waals surface area contributed by atoms with Gasteiger partial charge in [-0.05, 0) is 30.5 Å². The van der Waals surface area contributed by atoms with E-state index >= 15 is 0 Å². The number of nitrogens with zero attached hydrogens (tertiary/aromatic N) is 2. The standard InChI is InChI=1S/C14H18N4O2S/c1-20-12-5-2-9(7-15)6-10(12)8-21-14-17-16-13(19)18(14)11-3-4-11/h2,5-6,11H,3-4,7-8,15H2,1H3,(H,16,19). The molecule has 1 heterocycles. The highest BCUT2D eigenvalue weighted by molar-refractivity contribution is 7.98. The minimum atomic E-state index is -0.123. The van der Waals surface area contributed by atoms with Gasteiger partial charge in [0.05, 0.1) is 7.11 Å². The lowest BCUT2D eigenvalue weighted by Gasteiger charge is -2.10. The van der Waals surface area contributed by atoms with Crippen LogP contribution in [-0.2, 0) is 12.3 Å². The van der Waals surface area contributed by atoms with E-state index < -0.39 is 0 Å². The van der Waals surface area contributed by atoms with Crippen molar-refractivity contribution in [2.45, 2.75) is 36.3 Å². The maximum absolute atomic E-state index is 11.7. The van der Waals surface area contributed by atoms with Crippen LogP contribution in [0.5, 0.6) is 5.75 Å². The summed E-state index contributed by atoms with van der Waals surface area (Å²) < 4.78 is 7.13. The molecule has 0 radical (unpaired) electrons. The molecule has 0 unspecified atom stereocenters. The molecule has 2 aromatic rings. The monoisotopic (exact) mass is 306 g/mol. The van der Waals surface area contributed by atoms with Gasteiger partial charge in [0.15, 0.2) is 5.16 Å². The third-order valence-corrected chi connectivity index (χ3v) is 4.52. The summed E-state index contributed by atoms with van der Waals surface area (Å²) in [6.45, 7) is 0.497. The number of H-pyrrole nitrogens is 1. The van der Waals surface area contributed by atoms with Gasteiger partial charge < -0.3 is 10.5 Å². The molecule has 3 N–H and O–H groups in total. The second-order valence-electron chi connectivity index (χ2n) is 5.05. The van der Waals surface area contributed by atoms with Crippen LogP contribution in [0.4, 0.5) is 0 Å². The molecule has 1 aromatic carbocycles. The fourth-order valence-corrected chi connectivity index (χ4v) is 3.25. The summed E-state index contributed by atoms with van der Waals surface area (Å²) in [7, 11) is 1.65. The van der Waals surface area contributed by atoms with Crippen molar-refractivity contribution in [3.63, 3.8) is 0 Å². The summed E-state index contributed by atoms with van der Waals surface area (Å²) in [6.07, 6.45) is 2.11. The van der Waals surface area contributed by atoms with Crippen LogP contribution in [0.1, 0.15) is 30.0 Å². The molecular formula is C14H18N4O2S. The van der Waals surface area contributed by atoms with Crippen LogP contribution in [0, 0.1) is 0 Å². The molecule has 1 aliphatic carbocycles. The summed E-state index contributed by atoms with van der Waals surface area (Å²) in [4.78, 5) is 11.7. The largest absolute Gasteiger partial charge is 0.496 e. The van der Waals surface area contributed by atoms with E-state index in [1.165, 1.54) is 11.8 Å². The molecule has 21 heavy (non-hydrogen) atoms. The van der Waals surface area contributed by atoms with Gasteiger partial charge in [0.25, 0.3) is 0 Å². The van der Waals surface area contributed by atoms with Gasteiger partial charge in [0.2, 0.25) is 0 Å². The molecule has 0 amide bonds. The Bertz CT molecular complexity index is 691. The molecule has 0 saturated heterocycles. The highest BCUT2D eigenvalue weighted by atomic mass is 32.2. The summed E-state index contributed by atoms with van der Waals surface area (Å²) in [5.41, 5.74) is 7.68. The van der Waals surface area contributed by atoms with Gasteiger partial charge >= 0.3 is 5.69 Å². The Labute approximate surface area is 126 Å². The van der Waals surface area contributed by atoms with E-state index in [9.17, 15) is 4.79 Å². The predicted molar refractivity (Wildman–Crippen MR) is 81.6 cm³/mol. The van der Waals surface area contributed by atoms with E-state index in [1.807, 2.05) is 18.2 Å². The first-order chi connectivity index (χ1) is 10.2. The van der Waals surface area contributed by atoms with Crippen LogP contribution in [0.3, 0.4) is 0 Å². The first-order valence-electron chi connectivity index (χ1n) is 6.88. The minimum absolute atomic E-state index is 0.123. The molecule has 0 bridgehead atoms. The number of aromatic nitrogens is 3. The van der Waals surface area contributed by atoms with Crippen LogP contribution in [0.25, 0.3) is 0 Å². The zero-order valence-corrected chi connectivity index (χ0v) is 12.7. The third-order valence-electron chi connectivity index (χ3n) is 3.52. The zero-order chi connectivity index (χ0) is 14.8. The number of aromatic amines is 1. The number of rotatable bonds is 6. The topological polar surface area (TPSA) is 85.9 Å². The van der Waals surface area contributed by atoms with Crippen molar-refractivity contribution in [2.75, 3.05) is 7.11 Å². The van der Waals surface area contributed by atoms with Crippen molar-refractivity contribution in [1.82, 2.24) is 14.8 Å². The van der Waals surface area contributed by atoms with Gasteiger partial charge in [-0.3, -0.25) is 4.57 Å². The van der Waals surface area contributed by atoms with Crippen molar-refractivity contribution >= 4 is 11.8 Å². The Kier molecular flexibility index (Phi) is 4.03. The second-order valence-corrected chi connectivity index (χ2v) is 5.99. The lowest BCUT2D eigenvalue weighted by atomic mass is 10.1. The average molecular weight is 306 g/mol. The SMILES string of the molecule is COc1ccc(CN)cc1CSc1n[nH]c(=O)n1C1CC1. The molecule has 1 saturated carbocycles. The van der Waals surface area contributed by atoms with E-state index in [4.69, 9.17) is 10.5 Å². The number of benzene rings is 1. The first-order valence-corrected chi connectivity index (χ1v) is 7.87. The molecule has 7 heteroatoms. The quantitative estimate of drug-likeness (QED) is 0.793. The number of ether oxygens (including phenoxy) is 1. The van der Waals surface area contributed by atoms with Crippen LogP contribution in [0.15, 0.2) is 28.2 Å². The Morgan fingerprint density at radius 2 is 2.33 bits per heavy atom. The molecule has 6 nitrogen and oxygen atoms in total. The van der Waals surface area contributed by atoms with E-state index in [2.05, 4.69) is 10.2 Å². The number of hydrogen-bond donors (Lipinski definition) is 2. The summed E-state index contributed by atoms with van der Waals surface area (Å²) in [5.74, 6) is 1.52. The fraction of sp³-hybridized carbons (Fsp3) is 0.429. The van der Waals surface area contributed by atoms with E-state index in [1.54, 1.807) is 11.7 Å². The Morgan fingerprint density at radius 3 is 3.00 bits per heavy atom. The number of thioether (sulfide) groups is 1. The molecule has 1 aliphatic rings. The number of nitrogens with two attached hydrogens (primary N) is 1. The zero-order valence-electron chi connectivity index (χ0n) is 11.8. The molecule has 112 valence electrons. The van der Waals surface area contributed by atoms with Crippen molar-refractivity contribution in [3.8, 4) is 5.75 Å². The number of nitrogens with one attached hydrogen (secondary N) is 1. The minimum Gasteiger partial charge on any atom is -0.496 e. The molecular weight excluding hydrogens is 288 g/mol. The van der Waals surface area contributed by atoms with Crippen molar-refractivity contribution < 1.29 is 4.74 Å². The van der Waals surface area contributed by atoms with Crippen LogP contribution in [-0.4, -0.2) is 21.9 Å². The van der Waals surface area contributed by atoms with E-state index in [0.717, 1.165) is 34.9 Å². The van der Waals surface area contributed by atoms with Gasteiger partial charge in [-0.2, -0.15) is 0 Å². The second kappa shape index (κ2) is 5.95. The molecule has 0 spiro atoms. The van der Waals surface area contributed by atoms with Crippen LogP contribution in [0.2, 0.25) is 0 Å². The summed E-state index contributed by atoms with van der Waals surface area (Å²) in [6, 6.07) is 6.24. The maximum Gasteiger partial charge on any atom is 0.344 e. The van der Waals surface area contributed by atoms with Gasteiger partial charge in [-0.25, -0.2) is 9.89 Å². The number of methoxy groups -OCH3 is 1. The average Bonchev–Trinajstić information content (AvgIpc) is 3.28. The molecule has 1 fully saturated rings. The third kappa shape index (κ3) is 2.98. The molecule has 0 aliphatic heterocycles. The number of hydrogen-bond acceptors (Lipinski definition) is 5. The van der Waals surface area contributed by atoms with Gasteiger partial charge in [-0.15, -0.1) is 5.10 Å². The van der Waals surface area contributed by atoms with Crippen molar-refractivity contribution in [1.29, 1.82) is 0 Å². The van der Waals surface area contributed by atoms with Crippen molar-refractivity contribution in [3.05, 3.63) is 39.8 Å². The fourth-order valence-electron chi connectivity index (χ4n) is 2.26. The smallest absolute Gasteiger partial charge is 0.344 e. The highest BCUT2D eigenvalue weighted by Crippen LogP contribution is 2.37. The lowest BCUT2D eigenvalue weighted by molar-refractivity contribution is 0.411. The Morgan fingerprint density at radius 1 is 1.52 bits per heavy atom. The van der Waals surface area contributed by atoms with E-state index in [-0.39, 0.29) is 5.69 Å². The molecule has 3 rings (SSSR count). The highest BCUT2D eigenvalue weighted by Gasteiger charge is 2.28.